The van der Waals surface area contributed by atoms with Crippen molar-refractivity contribution in [1.82, 2.24) is 14.7 Å². The van der Waals surface area contributed by atoms with E-state index in [4.69, 9.17) is 11.6 Å². The maximum atomic E-state index is 13.0. The van der Waals surface area contributed by atoms with Gasteiger partial charge in [-0.25, -0.2) is 4.68 Å². The Labute approximate surface area is 186 Å². The van der Waals surface area contributed by atoms with E-state index in [1.54, 1.807) is 39.6 Å². The number of benzene rings is 1. The molecule has 1 fully saturated rings. The van der Waals surface area contributed by atoms with E-state index in [-0.39, 0.29) is 22.7 Å². The van der Waals surface area contributed by atoms with Gasteiger partial charge >= 0.3 is 6.36 Å². The SMILES string of the molecule is O=C(c1cc(-c2cccc(OC(F)(F)F)c2)n(C2=CC(Cl)CC=C2)n1)N1CCSCC1. The van der Waals surface area contributed by atoms with Crippen LogP contribution in [0.1, 0.15) is 16.9 Å². The van der Waals surface area contributed by atoms with Gasteiger partial charge in [-0.2, -0.15) is 16.9 Å². The predicted molar refractivity (Wildman–Crippen MR) is 115 cm³/mol. The van der Waals surface area contributed by atoms with Gasteiger partial charge in [0.25, 0.3) is 5.91 Å². The Bertz CT molecular complexity index is 1030. The average molecular weight is 470 g/mol. The van der Waals surface area contributed by atoms with Crippen molar-refractivity contribution in [3.05, 3.63) is 54.3 Å². The smallest absolute Gasteiger partial charge is 0.406 e. The molecule has 164 valence electrons. The minimum absolute atomic E-state index is 0.203. The number of carbonyl (C=O) groups excluding carboxylic acids is 1. The fourth-order valence-corrected chi connectivity index (χ4v) is 4.57. The third kappa shape index (κ3) is 5.27. The zero-order valence-electron chi connectivity index (χ0n) is 16.3. The highest BCUT2D eigenvalue weighted by molar-refractivity contribution is 7.99. The molecule has 31 heavy (non-hydrogen) atoms. The van der Waals surface area contributed by atoms with Crippen LogP contribution >= 0.6 is 23.4 Å². The van der Waals surface area contributed by atoms with Gasteiger partial charge < -0.3 is 9.64 Å². The molecule has 10 heteroatoms. The molecule has 1 unspecified atom stereocenters. The van der Waals surface area contributed by atoms with Crippen LogP contribution in [0, 0.1) is 0 Å². The molecular weight excluding hydrogens is 451 g/mol. The molecule has 4 rings (SSSR count). The first-order valence-corrected chi connectivity index (χ1v) is 11.3. The molecule has 1 aromatic carbocycles. The van der Waals surface area contributed by atoms with Crippen LogP contribution in [-0.4, -0.2) is 56.9 Å². The maximum absolute atomic E-state index is 13.0. The van der Waals surface area contributed by atoms with Gasteiger partial charge in [0, 0.05) is 30.2 Å². The van der Waals surface area contributed by atoms with E-state index in [1.807, 2.05) is 12.2 Å². The number of hydrogen-bond acceptors (Lipinski definition) is 4. The normalized spacial score (nSPS) is 19.3. The van der Waals surface area contributed by atoms with E-state index < -0.39 is 6.36 Å². The molecule has 0 spiro atoms. The van der Waals surface area contributed by atoms with Crippen molar-refractivity contribution < 1.29 is 22.7 Å². The molecule has 1 amide bonds. The predicted octanol–water partition coefficient (Wildman–Crippen LogP) is 5.05. The quantitative estimate of drug-likeness (QED) is 0.588. The second-order valence-corrected chi connectivity index (χ2v) is 8.84. The lowest BCUT2D eigenvalue weighted by molar-refractivity contribution is -0.274. The van der Waals surface area contributed by atoms with Crippen LogP contribution in [0.2, 0.25) is 0 Å². The van der Waals surface area contributed by atoms with Crippen molar-refractivity contribution in [3.63, 3.8) is 0 Å². The number of nitrogens with zero attached hydrogens (tertiary/aromatic N) is 3. The molecule has 2 aromatic rings. The monoisotopic (exact) mass is 469 g/mol. The topological polar surface area (TPSA) is 47.4 Å². The summed E-state index contributed by atoms with van der Waals surface area (Å²) in [4.78, 5) is 14.7. The summed E-state index contributed by atoms with van der Waals surface area (Å²) in [5.74, 6) is 1.17. The van der Waals surface area contributed by atoms with Gasteiger partial charge in [0.1, 0.15) is 5.75 Å². The summed E-state index contributed by atoms with van der Waals surface area (Å²) in [5, 5.41) is 4.26. The molecule has 0 radical (unpaired) electrons. The second-order valence-electron chi connectivity index (χ2n) is 7.05. The number of thioether (sulfide) groups is 1. The van der Waals surface area contributed by atoms with Gasteiger partial charge in [0.15, 0.2) is 5.69 Å². The third-order valence-electron chi connectivity index (χ3n) is 4.84. The highest BCUT2D eigenvalue weighted by Gasteiger charge is 2.31. The van der Waals surface area contributed by atoms with Gasteiger partial charge in [-0.15, -0.1) is 24.8 Å². The standard InChI is InChI=1S/C21H19ClF3N3O2S/c22-15-4-2-5-16(12-15)28-19(14-3-1-6-17(11-14)30-21(23,24)25)13-18(26-28)20(29)27-7-9-31-10-8-27/h1-3,5-6,11-13,15H,4,7-10H2. The molecule has 1 saturated heterocycles. The van der Waals surface area contributed by atoms with Gasteiger partial charge in [-0.05, 0) is 36.8 Å². The Morgan fingerprint density at radius 1 is 1.23 bits per heavy atom. The number of aromatic nitrogens is 2. The lowest BCUT2D eigenvalue weighted by Crippen LogP contribution is -2.38. The van der Waals surface area contributed by atoms with Crippen molar-refractivity contribution in [1.29, 1.82) is 0 Å². The zero-order chi connectivity index (χ0) is 22.0. The van der Waals surface area contributed by atoms with Gasteiger partial charge in [-0.1, -0.05) is 18.2 Å². The molecule has 0 saturated carbocycles. The van der Waals surface area contributed by atoms with Crippen molar-refractivity contribution in [3.8, 4) is 17.0 Å². The maximum Gasteiger partial charge on any atom is 0.573 e. The van der Waals surface area contributed by atoms with Crippen LogP contribution in [-0.2, 0) is 0 Å². The van der Waals surface area contributed by atoms with Crippen molar-refractivity contribution in [2.24, 2.45) is 0 Å². The van der Waals surface area contributed by atoms with E-state index in [9.17, 15) is 18.0 Å². The first-order chi connectivity index (χ1) is 14.8. The van der Waals surface area contributed by atoms with Crippen molar-refractivity contribution >= 4 is 35.0 Å². The second kappa shape index (κ2) is 9.00. The van der Waals surface area contributed by atoms with E-state index in [1.165, 1.54) is 18.2 Å². The number of ether oxygens (including phenoxy) is 1. The number of alkyl halides is 4. The largest absolute Gasteiger partial charge is 0.573 e. The third-order valence-corrected chi connectivity index (χ3v) is 6.08. The minimum atomic E-state index is -4.80. The lowest BCUT2D eigenvalue weighted by atomic mass is 10.1. The van der Waals surface area contributed by atoms with Crippen LogP contribution in [0.15, 0.2) is 48.6 Å². The number of amides is 1. The summed E-state index contributed by atoms with van der Waals surface area (Å²) in [7, 11) is 0. The summed E-state index contributed by atoms with van der Waals surface area (Å²) >= 11 is 8.04. The van der Waals surface area contributed by atoms with Crippen LogP contribution in [0.4, 0.5) is 13.2 Å². The van der Waals surface area contributed by atoms with Gasteiger partial charge in [0.2, 0.25) is 0 Å². The summed E-state index contributed by atoms with van der Waals surface area (Å²) in [6.07, 6.45) is 1.39. The van der Waals surface area contributed by atoms with E-state index in [0.717, 1.165) is 11.5 Å². The van der Waals surface area contributed by atoms with E-state index in [2.05, 4.69) is 9.84 Å². The molecule has 2 heterocycles. The van der Waals surface area contributed by atoms with Crippen molar-refractivity contribution in [2.75, 3.05) is 24.6 Å². The number of rotatable bonds is 4. The Kier molecular flexibility index (Phi) is 6.34. The van der Waals surface area contributed by atoms with E-state index in [0.29, 0.717) is 36.5 Å². The Hall–Kier alpha value is -2.39. The summed E-state index contributed by atoms with van der Waals surface area (Å²) in [6, 6.07) is 7.21. The summed E-state index contributed by atoms with van der Waals surface area (Å²) < 4.78 is 43.6. The number of allylic oxidation sites excluding steroid dienone is 4. The fourth-order valence-electron chi connectivity index (χ4n) is 3.44. The first kappa shape index (κ1) is 21.8. The molecule has 1 atom stereocenters. The van der Waals surface area contributed by atoms with Crippen LogP contribution in [0.5, 0.6) is 5.75 Å². The number of hydrogen-bond donors (Lipinski definition) is 0. The summed E-state index contributed by atoms with van der Waals surface area (Å²) in [6.45, 7) is 1.26. The Morgan fingerprint density at radius 2 is 2.00 bits per heavy atom. The average Bonchev–Trinajstić information content (AvgIpc) is 3.18. The highest BCUT2D eigenvalue weighted by atomic mass is 35.5. The van der Waals surface area contributed by atoms with Crippen LogP contribution in [0.3, 0.4) is 0 Å². The molecule has 0 bridgehead atoms. The zero-order valence-corrected chi connectivity index (χ0v) is 17.9. The van der Waals surface area contributed by atoms with Crippen LogP contribution in [0.25, 0.3) is 17.0 Å². The highest BCUT2D eigenvalue weighted by Crippen LogP contribution is 2.31. The molecule has 5 nitrogen and oxygen atoms in total. The molecule has 1 aliphatic heterocycles. The minimum Gasteiger partial charge on any atom is -0.406 e. The number of carbonyl (C=O) groups is 1. The van der Waals surface area contributed by atoms with E-state index >= 15 is 0 Å². The van der Waals surface area contributed by atoms with Gasteiger partial charge in [-0.3, -0.25) is 4.79 Å². The molecule has 2 aliphatic rings. The van der Waals surface area contributed by atoms with Crippen molar-refractivity contribution in [2.45, 2.75) is 18.2 Å². The first-order valence-electron chi connectivity index (χ1n) is 9.66. The fraction of sp³-hybridized carbons (Fsp3) is 0.333. The Balaban J connectivity index is 1.75. The molecular formula is C21H19ClF3N3O2S. The molecule has 1 aliphatic carbocycles. The van der Waals surface area contributed by atoms with Gasteiger partial charge in [0.05, 0.1) is 16.8 Å². The molecule has 0 N–H and O–H groups in total. The Morgan fingerprint density at radius 3 is 2.71 bits per heavy atom. The lowest BCUT2D eigenvalue weighted by Gasteiger charge is -2.25. The van der Waals surface area contributed by atoms with Crippen LogP contribution < -0.4 is 4.74 Å². The summed E-state index contributed by atoms with van der Waals surface area (Å²) in [5.41, 5.74) is 1.80. The molecule has 1 aromatic heterocycles. The number of halogens is 4.